The molecule has 7 heteroatoms. The first kappa shape index (κ1) is 21.3. The summed E-state index contributed by atoms with van der Waals surface area (Å²) in [5.74, 6) is -0.943. The minimum absolute atomic E-state index is 0.0862. The topological polar surface area (TPSA) is 105 Å². The Labute approximate surface area is 174 Å². The molecule has 0 unspecified atom stereocenters. The second kappa shape index (κ2) is 8.17. The first-order valence-electron chi connectivity index (χ1n) is 9.63. The largest absolute Gasteiger partial charge is 0.494 e. The van der Waals surface area contributed by atoms with Crippen molar-refractivity contribution in [3.63, 3.8) is 0 Å². The van der Waals surface area contributed by atoms with Gasteiger partial charge in [0.05, 0.1) is 5.56 Å². The van der Waals surface area contributed by atoms with E-state index < -0.39 is 17.2 Å². The molecule has 0 fully saturated rings. The number of furan rings is 1. The number of hydrogen-bond acceptors (Lipinski definition) is 6. The summed E-state index contributed by atoms with van der Waals surface area (Å²) in [4.78, 5) is 26.1. The lowest BCUT2D eigenvalue weighted by atomic mass is 9.98. The highest BCUT2D eigenvalue weighted by atomic mass is 16.5. The van der Waals surface area contributed by atoms with Crippen LogP contribution in [0.1, 0.15) is 50.4 Å². The highest BCUT2D eigenvalue weighted by Crippen LogP contribution is 2.33. The van der Waals surface area contributed by atoms with Gasteiger partial charge in [-0.1, -0.05) is 12.1 Å². The molecule has 0 saturated carbocycles. The number of carbonyl (C=O) groups excluding carboxylic acids is 1. The molecule has 7 nitrogen and oxygen atoms in total. The van der Waals surface area contributed by atoms with Crippen LogP contribution in [0.4, 0.5) is 0 Å². The standard InChI is InChI=1S/C23H24N2O5/c1-12-7-8-16-15(4)21(30-20(16)13(12)2)19(26)18-14(3)17(11-24)22(27)25(23(18)28)9-6-10-29-5/h7-8,28H,6,9-10H2,1-5H3. The number of aryl methyl sites for hydroxylation is 3. The minimum atomic E-state index is -0.632. The Bertz CT molecular complexity index is 1260. The first-order chi connectivity index (χ1) is 14.2. The number of hydrogen-bond donors (Lipinski definition) is 1. The van der Waals surface area contributed by atoms with Crippen LogP contribution in [0.25, 0.3) is 11.0 Å². The first-order valence-corrected chi connectivity index (χ1v) is 9.63. The average molecular weight is 408 g/mol. The van der Waals surface area contributed by atoms with Crippen LogP contribution in [0.5, 0.6) is 5.88 Å². The van der Waals surface area contributed by atoms with Crippen LogP contribution in [0.3, 0.4) is 0 Å². The zero-order chi connectivity index (χ0) is 22.2. The van der Waals surface area contributed by atoms with Crippen molar-refractivity contribution in [3.05, 3.63) is 61.6 Å². The number of aromatic nitrogens is 1. The molecule has 2 aromatic heterocycles. The summed E-state index contributed by atoms with van der Waals surface area (Å²) < 4.78 is 12.0. The fourth-order valence-electron chi connectivity index (χ4n) is 3.65. The van der Waals surface area contributed by atoms with Crippen LogP contribution in [-0.4, -0.2) is 29.2 Å². The van der Waals surface area contributed by atoms with Gasteiger partial charge in [0, 0.05) is 31.2 Å². The highest BCUT2D eigenvalue weighted by Gasteiger charge is 2.29. The van der Waals surface area contributed by atoms with Gasteiger partial charge in [0.25, 0.3) is 5.56 Å². The highest BCUT2D eigenvalue weighted by molar-refractivity contribution is 6.13. The van der Waals surface area contributed by atoms with E-state index in [9.17, 15) is 20.0 Å². The van der Waals surface area contributed by atoms with E-state index in [1.54, 1.807) is 6.92 Å². The Morgan fingerprint density at radius 3 is 2.53 bits per heavy atom. The van der Waals surface area contributed by atoms with Crippen molar-refractivity contribution in [3.8, 4) is 11.9 Å². The molecule has 0 aliphatic carbocycles. The number of ether oxygens (including phenoxy) is 1. The van der Waals surface area contributed by atoms with Crippen LogP contribution in [0.15, 0.2) is 21.3 Å². The number of ketones is 1. The summed E-state index contributed by atoms with van der Waals surface area (Å²) in [7, 11) is 1.53. The zero-order valence-corrected chi connectivity index (χ0v) is 17.8. The van der Waals surface area contributed by atoms with Crippen LogP contribution in [0.2, 0.25) is 0 Å². The van der Waals surface area contributed by atoms with Crippen molar-refractivity contribution in [1.82, 2.24) is 4.57 Å². The molecule has 0 radical (unpaired) electrons. The zero-order valence-electron chi connectivity index (χ0n) is 17.8. The van der Waals surface area contributed by atoms with E-state index in [0.29, 0.717) is 24.2 Å². The van der Waals surface area contributed by atoms with E-state index in [1.165, 1.54) is 14.0 Å². The van der Waals surface area contributed by atoms with Gasteiger partial charge < -0.3 is 14.3 Å². The van der Waals surface area contributed by atoms with Gasteiger partial charge in [0.15, 0.2) is 5.76 Å². The van der Waals surface area contributed by atoms with Gasteiger partial charge in [-0.25, -0.2) is 0 Å². The number of benzene rings is 1. The third-order valence-corrected chi connectivity index (χ3v) is 5.59. The van der Waals surface area contributed by atoms with Crippen molar-refractivity contribution in [1.29, 1.82) is 5.26 Å². The lowest BCUT2D eigenvalue weighted by Crippen LogP contribution is -2.27. The molecule has 0 bridgehead atoms. The summed E-state index contributed by atoms with van der Waals surface area (Å²) in [5, 5.41) is 21.1. The van der Waals surface area contributed by atoms with E-state index in [0.717, 1.165) is 21.1 Å². The smallest absolute Gasteiger partial charge is 0.271 e. The Hall–Kier alpha value is -3.37. The fraction of sp³-hybridized carbons (Fsp3) is 0.348. The number of rotatable bonds is 6. The number of aromatic hydroxyl groups is 1. The predicted molar refractivity (Wildman–Crippen MR) is 112 cm³/mol. The number of nitriles is 1. The number of methoxy groups -OCH3 is 1. The van der Waals surface area contributed by atoms with E-state index in [2.05, 4.69) is 0 Å². The van der Waals surface area contributed by atoms with Crippen LogP contribution >= 0.6 is 0 Å². The van der Waals surface area contributed by atoms with Gasteiger partial charge in [-0.3, -0.25) is 14.2 Å². The Morgan fingerprint density at radius 1 is 1.20 bits per heavy atom. The van der Waals surface area contributed by atoms with Crippen LogP contribution < -0.4 is 5.56 Å². The number of nitrogens with zero attached hydrogens (tertiary/aromatic N) is 2. The van der Waals surface area contributed by atoms with Crippen molar-refractivity contribution < 1.29 is 19.1 Å². The van der Waals surface area contributed by atoms with Crippen molar-refractivity contribution in [2.24, 2.45) is 0 Å². The lowest BCUT2D eigenvalue weighted by Gasteiger charge is -2.15. The average Bonchev–Trinajstić information content (AvgIpc) is 3.05. The van der Waals surface area contributed by atoms with Crippen molar-refractivity contribution >= 4 is 16.8 Å². The molecular formula is C23H24N2O5. The van der Waals surface area contributed by atoms with E-state index >= 15 is 0 Å². The summed E-state index contributed by atoms with van der Waals surface area (Å²) in [5.41, 5.74) is 2.46. The summed E-state index contributed by atoms with van der Waals surface area (Å²) in [6, 6.07) is 5.72. The van der Waals surface area contributed by atoms with Crippen LogP contribution in [-0.2, 0) is 11.3 Å². The SMILES string of the molecule is COCCCn1c(O)c(C(=O)c2oc3c(C)c(C)ccc3c2C)c(C)c(C#N)c1=O. The third-order valence-electron chi connectivity index (χ3n) is 5.59. The van der Waals surface area contributed by atoms with Gasteiger partial charge >= 0.3 is 0 Å². The number of pyridine rings is 1. The lowest BCUT2D eigenvalue weighted by molar-refractivity contribution is 0.100. The van der Waals surface area contributed by atoms with Gasteiger partial charge in [-0.2, -0.15) is 5.26 Å². The maximum absolute atomic E-state index is 13.4. The molecule has 2 heterocycles. The summed E-state index contributed by atoms with van der Waals surface area (Å²) >= 11 is 0. The molecule has 1 N–H and O–H groups in total. The van der Waals surface area contributed by atoms with E-state index in [4.69, 9.17) is 9.15 Å². The molecule has 1 aromatic carbocycles. The molecular weight excluding hydrogens is 384 g/mol. The molecule has 0 saturated heterocycles. The molecule has 0 aliphatic rings. The maximum atomic E-state index is 13.4. The van der Waals surface area contributed by atoms with Crippen molar-refractivity contribution in [2.75, 3.05) is 13.7 Å². The van der Waals surface area contributed by atoms with Gasteiger partial charge in [0.1, 0.15) is 17.2 Å². The normalized spacial score (nSPS) is 11.1. The fourth-order valence-corrected chi connectivity index (χ4v) is 3.65. The summed E-state index contributed by atoms with van der Waals surface area (Å²) in [6.45, 7) is 7.62. The molecule has 3 aromatic rings. The van der Waals surface area contributed by atoms with Gasteiger partial charge in [0.2, 0.25) is 11.7 Å². The Balaban J connectivity index is 2.24. The molecule has 0 amide bonds. The van der Waals surface area contributed by atoms with E-state index in [1.807, 2.05) is 32.0 Å². The predicted octanol–water partition coefficient (Wildman–Crippen LogP) is 3.67. The minimum Gasteiger partial charge on any atom is -0.494 e. The molecule has 156 valence electrons. The second-order valence-corrected chi connectivity index (χ2v) is 7.38. The molecule has 0 spiro atoms. The van der Waals surface area contributed by atoms with E-state index in [-0.39, 0.29) is 29.0 Å². The Kier molecular flexibility index (Phi) is 5.81. The van der Waals surface area contributed by atoms with Crippen molar-refractivity contribution in [2.45, 2.75) is 40.7 Å². The molecule has 0 aliphatic heterocycles. The Morgan fingerprint density at radius 2 is 1.90 bits per heavy atom. The molecule has 30 heavy (non-hydrogen) atoms. The monoisotopic (exact) mass is 408 g/mol. The third kappa shape index (κ3) is 3.29. The molecule has 3 rings (SSSR count). The maximum Gasteiger partial charge on any atom is 0.271 e. The second-order valence-electron chi connectivity index (χ2n) is 7.38. The van der Waals surface area contributed by atoms with Gasteiger partial charge in [-0.05, 0) is 50.8 Å². The molecule has 0 atom stereocenters. The van der Waals surface area contributed by atoms with Gasteiger partial charge in [-0.15, -0.1) is 0 Å². The number of fused-ring (bicyclic) bond motifs is 1. The quantitative estimate of drug-likeness (QED) is 0.493. The number of carbonyl (C=O) groups is 1. The summed E-state index contributed by atoms with van der Waals surface area (Å²) in [6.07, 6.45) is 0.438. The van der Waals surface area contributed by atoms with Crippen LogP contribution in [0, 0.1) is 39.0 Å².